The lowest BCUT2D eigenvalue weighted by atomic mass is 10.0. The van der Waals surface area contributed by atoms with Gasteiger partial charge in [0.2, 0.25) is 5.91 Å². The number of carbonyl (C=O) groups excluding carboxylic acids is 1. The van der Waals surface area contributed by atoms with E-state index in [2.05, 4.69) is 12.2 Å². The van der Waals surface area contributed by atoms with Crippen molar-refractivity contribution in [1.82, 2.24) is 0 Å². The molecule has 1 amide bonds. The highest BCUT2D eigenvalue weighted by atomic mass is 35.5. The summed E-state index contributed by atoms with van der Waals surface area (Å²) in [4.78, 5) is 12.0. The standard InChI is InChI=1S/C24H40ClNO/c1-2-3-4-5-6-7-8-9-10-11-12-13-14-18-21-23(25)24(27)26-22-19-16-15-17-20-22/h15-17,19-20,23H,2-14,18,21H2,1H3,(H,26,27). The third kappa shape index (κ3) is 13.7. The second-order valence-electron chi connectivity index (χ2n) is 7.71. The summed E-state index contributed by atoms with van der Waals surface area (Å²) in [6.45, 7) is 2.27. The van der Waals surface area contributed by atoms with Gasteiger partial charge in [0.25, 0.3) is 0 Å². The normalized spacial score (nSPS) is 12.1. The van der Waals surface area contributed by atoms with E-state index in [9.17, 15) is 4.79 Å². The molecule has 0 aromatic heterocycles. The number of unbranched alkanes of at least 4 members (excludes halogenated alkanes) is 13. The molecule has 0 aliphatic carbocycles. The van der Waals surface area contributed by atoms with Crippen molar-refractivity contribution in [3.05, 3.63) is 30.3 Å². The van der Waals surface area contributed by atoms with Crippen molar-refractivity contribution >= 4 is 23.2 Å². The van der Waals surface area contributed by atoms with Gasteiger partial charge in [-0.15, -0.1) is 11.6 Å². The zero-order valence-corrected chi connectivity index (χ0v) is 18.1. The number of hydrogen-bond donors (Lipinski definition) is 1. The molecule has 1 aromatic carbocycles. The van der Waals surface area contributed by atoms with Crippen LogP contribution in [-0.4, -0.2) is 11.3 Å². The molecule has 1 atom stereocenters. The Morgan fingerprint density at radius 2 is 1.22 bits per heavy atom. The Hall–Kier alpha value is -1.02. The molecule has 3 heteroatoms. The molecule has 0 spiro atoms. The summed E-state index contributed by atoms with van der Waals surface area (Å²) in [5, 5.41) is 2.44. The summed E-state index contributed by atoms with van der Waals surface area (Å²) in [6.07, 6.45) is 19.6. The van der Waals surface area contributed by atoms with Crippen LogP contribution in [0, 0.1) is 0 Å². The van der Waals surface area contributed by atoms with Crippen molar-refractivity contribution in [2.24, 2.45) is 0 Å². The first-order chi connectivity index (χ1) is 13.2. The third-order valence-corrected chi connectivity index (χ3v) is 5.55. The molecule has 0 saturated carbocycles. The Kier molecular flexibility index (Phi) is 15.2. The first-order valence-electron chi connectivity index (χ1n) is 11.2. The lowest BCUT2D eigenvalue weighted by Crippen LogP contribution is -2.23. The predicted octanol–water partition coefficient (Wildman–Crippen LogP) is 8.10. The van der Waals surface area contributed by atoms with Gasteiger partial charge in [-0.2, -0.15) is 0 Å². The fraction of sp³-hybridized carbons (Fsp3) is 0.708. The number of para-hydroxylation sites is 1. The fourth-order valence-corrected chi connectivity index (χ4v) is 3.60. The molecule has 0 bridgehead atoms. The second-order valence-corrected chi connectivity index (χ2v) is 8.23. The average molecular weight is 394 g/mol. The Balaban J connectivity index is 1.86. The van der Waals surface area contributed by atoms with Crippen LogP contribution in [0.2, 0.25) is 0 Å². The number of benzene rings is 1. The minimum absolute atomic E-state index is 0.0856. The molecule has 0 saturated heterocycles. The van der Waals surface area contributed by atoms with Crippen LogP contribution in [0.3, 0.4) is 0 Å². The molecule has 1 rings (SSSR count). The summed E-state index contributed by atoms with van der Waals surface area (Å²) in [5.74, 6) is -0.0856. The highest BCUT2D eigenvalue weighted by Gasteiger charge is 2.14. The van der Waals surface area contributed by atoms with E-state index in [0.717, 1.165) is 18.5 Å². The largest absolute Gasteiger partial charge is 0.325 e. The molecular weight excluding hydrogens is 354 g/mol. The molecule has 2 nitrogen and oxygen atoms in total. The maximum Gasteiger partial charge on any atom is 0.242 e. The molecular formula is C24H40ClNO. The molecule has 27 heavy (non-hydrogen) atoms. The van der Waals surface area contributed by atoms with E-state index < -0.39 is 5.38 Å². The third-order valence-electron chi connectivity index (χ3n) is 5.14. The average Bonchev–Trinajstić information content (AvgIpc) is 2.68. The van der Waals surface area contributed by atoms with Crippen LogP contribution in [0.15, 0.2) is 30.3 Å². The molecule has 0 fully saturated rings. The summed E-state index contributed by atoms with van der Waals surface area (Å²) >= 11 is 6.22. The van der Waals surface area contributed by atoms with Crippen LogP contribution < -0.4 is 5.32 Å². The van der Waals surface area contributed by atoms with E-state index in [1.54, 1.807) is 0 Å². The summed E-state index contributed by atoms with van der Waals surface area (Å²) in [6, 6.07) is 9.52. The molecule has 0 aliphatic heterocycles. The maximum absolute atomic E-state index is 12.0. The van der Waals surface area contributed by atoms with Gasteiger partial charge in [0.1, 0.15) is 5.38 Å². The minimum atomic E-state index is -0.428. The lowest BCUT2D eigenvalue weighted by Gasteiger charge is -2.10. The molecule has 1 N–H and O–H groups in total. The predicted molar refractivity (Wildman–Crippen MR) is 120 cm³/mol. The highest BCUT2D eigenvalue weighted by Crippen LogP contribution is 2.16. The van der Waals surface area contributed by atoms with Crippen molar-refractivity contribution in [3.63, 3.8) is 0 Å². The SMILES string of the molecule is CCCCCCCCCCCCCCCCC(Cl)C(=O)Nc1ccccc1. The molecule has 1 aromatic rings. The quantitative estimate of drug-likeness (QED) is 0.210. The summed E-state index contributed by atoms with van der Waals surface area (Å²) in [5.41, 5.74) is 0.814. The van der Waals surface area contributed by atoms with Gasteiger partial charge in [-0.25, -0.2) is 0 Å². The van der Waals surface area contributed by atoms with Crippen LogP contribution in [0.25, 0.3) is 0 Å². The van der Waals surface area contributed by atoms with Crippen molar-refractivity contribution < 1.29 is 4.79 Å². The fourth-order valence-electron chi connectivity index (χ4n) is 3.39. The van der Waals surface area contributed by atoms with E-state index in [4.69, 9.17) is 11.6 Å². The van der Waals surface area contributed by atoms with Gasteiger partial charge in [-0.05, 0) is 18.6 Å². The van der Waals surface area contributed by atoms with Crippen molar-refractivity contribution in [1.29, 1.82) is 0 Å². The van der Waals surface area contributed by atoms with Crippen molar-refractivity contribution in [2.45, 2.75) is 109 Å². The Morgan fingerprint density at radius 3 is 1.70 bits per heavy atom. The Labute approximate surface area is 172 Å². The van der Waals surface area contributed by atoms with Gasteiger partial charge >= 0.3 is 0 Å². The summed E-state index contributed by atoms with van der Waals surface area (Å²) in [7, 11) is 0. The molecule has 154 valence electrons. The van der Waals surface area contributed by atoms with Gasteiger partial charge in [0.15, 0.2) is 0 Å². The topological polar surface area (TPSA) is 29.1 Å². The number of hydrogen-bond acceptors (Lipinski definition) is 1. The smallest absolute Gasteiger partial charge is 0.242 e. The Morgan fingerprint density at radius 1 is 0.778 bits per heavy atom. The maximum atomic E-state index is 12.0. The van der Waals surface area contributed by atoms with Gasteiger partial charge in [0.05, 0.1) is 0 Å². The number of carbonyl (C=O) groups is 1. The molecule has 0 heterocycles. The van der Waals surface area contributed by atoms with Crippen molar-refractivity contribution in [3.8, 4) is 0 Å². The Bertz CT molecular complexity index is 463. The van der Waals surface area contributed by atoms with E-state index in [1.165, 1.54) is 83.5 Å². The minimum Gasteiger partial charge on any atom is -0.325 e. The molecule has 0 aliphatic rings. The number of alkyl halides is 1. The van der Waals surface area contributed by atoms with Crippen LogP contribution >= 0.6 is 11.6 Å². The van der Waals surface area contributed by atoms with Crippen LogP contribution in [0.1, 0.15) is 103 Å². The zero-order chi connectivity index (χ0) is 19.6. The van der Waals surface area contributed by atoms with E-state index >= 15 is 0 Å². The van der Waals surface area contributed by atoms with Crippen LogP contribution in [0.4, 0.5) is 5.69 Å². The van der Waals surface area contributed by atoms with Gasteiger partial charge in [-0.3, -0.25) is 4.79 Å². The first kappa shape index (κ1) is 24.0. The number of nitrogens with one attached hydrogen (secondary N) is 1. The lowest BCUT2D eigenvalue weighted by molar-refractivity contribution is -0.116. The molecule has 0 radical (unpaired) electrons. The zero-order valence-electron chi connectivity index (χ0n) is 17.4. The molecule has 1 unspecified atom stereocenters. The van der Waals surface area contributed by atoms with Gasteiger partial charge < -0.3 is 5.32 Å². The second kappa shape index (κ2) is 17.1. The summed E-state index contributed by atoms with van der Waals surface area (Å²) < 4.78 is 0. The van der Waals surface area contributed by atoms with E-state index in [1.807, 2.05) is 30.3 Å². The highest BCUT2D eigenvalue weighted by molar-refractivity contribution is 6.32. The van der Waals surface area contributed by atoms with E-state index in [-0.39, 0.29) is 5.91 Å². The van der Waals surface area contributed by atoms with Crippen molar-refractivity contribution in [2.75, 3.05) is 5.32 Å². The van der Waals surface area contributed by atoms with E-state index in [0.29, 0.717) is 0 Å². The number of halogens is 1. The van der Waals surface area contributed by atoms with Crippen LogP contribution in [-0.2, 0) is 4.79 Å². The number of rotatable bonds is 17. The van der Waals surface area contributed by atoms with Gasteiger partial charge in [0, 0.05) is 5.69 Å². The first-order valence-corrected chi connectivity index (χ1v) is 11.7. The van der Waals surface area contributed by atoms with Gasteiger partial charge in [-0.1, -0.05) is 115 Å². The monoisotopic (exact) mass is 393 g/mol. The number of amides is 1. The van der Waals surface area contributed by atoms with Crippen LogP contribution in [0.5, 0.6) is 0 Å². The number of anilines is 1.